The third kappa shape index (κ3) is 3.27. The molecule has 0 unspecified atom stereocenters. The number of nitrogens with zero attached hydrogens (tertiary/aromatic N) is 3. The summed E-state index contributed by atoms with van der Waals surface area (Å²) in [7, 11) is 0. The average Bonchev–Trinajstić information content (AvgIpc) is 2.39. The second kappa shape index (κ2) is 5.77. The Morgan fingerprint density at radius 1 is 1.37 bits per heavy atom. The van der Waals surface area contributed by atoms with Crippen LogP contribution in [0.1, 0.15) is 35.8 Å². The molecule has 1 aromatic heterocycles. The van der Waals surface area contributed by atoms with Crippen LogP contribution in [0.3, 0.4) is 0 Å². The Balaban J connectivity index is 1.91. The van der Waals surface area contributed by atoms with E-state index in [0.717, 1.165) is 12.8 Å². The third-order valence-electron chi connectivity index (χ3n) is 3.43. The van der Waals surface area contributed by atoms with Gasteiger partial charge in [-0.25, -0.2) is 9.97 Å². The highest BCUT2D eigenvalue weighted by Gasteiger charge is 2.22. The average molecular weight is 262 g/mol. The van der Waals surface area contributed by atoms with Gasteiger partial charge in [0, 0.05) is 32.3 Å². The van der Waals surface area contributed by atoms with Gasteiger partial charge in [-0.15, -0.1) is 0 Å². The van der Waals surface area contributed by atoms with Gasteiger partial charge in [-0.05, 0) is 19.8 Å². The number of hydrogen-bond donors (Lipinski definition) is 1. The van der Waals surface area contributed by atoms with Crippen molar-refractivity contribution in [3.63, 3.8) is 0 Å². The summed E-state index contributed by atoms with van der Waals surface area (Å²) in [6.45, 7) is 4.76. The van der Waals surface area contributed by atoms with E-state index >= 15 is 0 Å². The molecule has 0 radical (unpaired) electrons. The number of rotatable bonds is 2. The minimum absolute atomic E-state index is 0.0945. The molecule has 1 aromatic rings. The summed E-state index contributed by atoms with van der Waals surface area (Å²) in [5.41, 5.74) is 1.19. The van der Waals surface area contributed by atoms with Crippen LogP contribution < -0.4 is 5.32 Å². The maximum Gasteiger partial charge on any atom is 0.254 e. The van der Waals surface area contributed by atoms with Crippen molar-refractivity contribution < 1.29 is 9.59 Å². The van der Waals surface area contributed by atoms with Crippen LogP contribution in [-0.2, 0) is 4.79 Å². The molecule has 0 bridgehead atoms. The van der Waals surface area contributed by atoms with Crippen LogP contribution in [0.15, 0.2) is 12.5 Å². The Hall–Kier alpha value is -1.98. The number of hydrogen-bond acceptors (Lipinski definition) is 4. The number of nitrogens with one attached hydrogen (secondary N) is 1. The van der Waals surface area contributed by atoms with Gasteiger partial charge in [0.25, 0.3) is 5.91 Å². The van der Waals surface area contributed by atoms with Crippen molar-refractivity contribution in [1.29, 1.82) is 0 Å². The second-order valence-corrected chi connectivity index (χ2v) is 4.78. The van der Waals surface area contributed by atoms with E-state index in [1.54, 1.807) is 18.7 Å². The standard InChI is InChI=1S/C13H18N4O2/c1-9-12(7-14-8-15-9)13(19)16-11-3-5-17(6-4-11)10(2)18/h7-8,11H,3-6H2,1-2H3,(H,16,19). The van der Waals surface area contributed by atoms with Gasteiger partial charge in [-0.2, -0.15) is 0 Å². The maximum atomic E-state index is 12.1. The van der Waals surface area contributed by atoms with Crippen LogP contribution in [0.4, 0.5) is 0 Å². The molecule has 6 nitrogen and oxygen atoms in total. The molecule has 102 valence electrons. The Labute approximate surface area is 112 Å². The molecule has 1 N–H and O–H groups in total. The zero-order valence-corrected chi connectivity index (χ0v) is 11.2. The fraction of sp³-hybridized carbons (Fsp3) is 0.538. The normalized spacial score (nSPS) is 16.2. The van der Waals surface area contributed by atoms with Gasteiger partial charge in [0.2, 0.25) is 5.91 Å². The van der Waals surface area contributed by atoms with Gasteiger partial charge >= 0.3 is 0 Å². The summed E-state index contributed by atoms with van der Waals surface area (Å²) >= 11 is 0. The highest BCUT2D eigenvalue weighted by atomic mass is 16.2. The molecule has 0 aliphatic carbocycles. The summed E-state index contributed by atoms with van der Waals surface area (Å²) in [5, 5.41) is 2.98. The molecule has 1 fully saturated rings. The van der Waals surface area contributed by atoms with Crippen LogP contribution in [0.5, 0.6) is 0 Å². The van der Waals surface area contributed by atoms with Crippen molar-refractivity contribution in [3.05, 3.63) is 23.8 Å². The van der Waals surface area contributed by atoms with E-state index in [-0.39, 0.29) is 17.9 Å². The highest BCUT2D eigenvalue weighted by Crippen LogP contribution is 2.11. The van der Waals surface area contributed by atoms with E-state index in [2.05, 4.69) is 15.3 Å². The molecule has 2 rings (SSSR count). The molecule has 1 aliphatic heterocycles. The van der Waals surface area contributed by atoms with Gasteiger partial charge in [0.05, 0.1) is 11.3 Å². The highest BCUT2D eigenvalue weighted by molar-refractivity contribution is 5.95. The molecular weight excluding hydrogens is 244 g/mol. The van der Waals surface area contributed by atoms with Crippen molar-refractivity contribution in [2.24, 2.45) is 0 Å². The summed E-state index contributed by atoms with van der Waals surface area (Å²) in [4.78, 5) is 33.0. The van der Waals surface area contributed by atoms with Crippen LogP contribution in [0, 0.1) is 6.92 Å². The smallest absolute Gasteiger partial charge is 0.254 e. The number of amides is 2. The van der Waals surface area contributed by atoms with Gasteiger partial charge in [-0.1, -0.05) is 0 Å². The lowest BCUT2D eigenvalue weighted by molar-refractivity contribution is -0.129. The number of piperidine rings is 1. The summed E-state index contributed by atoms with van der Waals surface area (Å²) in [6.07, 6.45) is 4.54. The Bertz CT molecular complexity index is 481. The van der Waals surface area contributed by atoms with Crippen molar-refractivity contribution in [3.8, 4) is 0 Å². The van der Waals surface area contributed by atoms with E-state index in [4.69, 9.17) is 0 Å². The minimum Gasteiger partial charge on any atom is -0.349 e. The van der Waals surface area contributed by atoms with E-state index in [0.29, 0.717) is 24.3 Å². The Morgan fingerprint density at radius 2 is 2.05 bits per heavy atom. The summed E-state index contributed by atoms with van der Waals surface area (Å²) < 4.78 is 0. The zero-order valence-electron chi connectivity index (χ0n) is 11.2. The molecular formula is C13H18N4O2. The van der Waals surface area contributed by atoms with Crippen molar-refractivity contribution in [1.82, 2.24) is 20.2 Å². The zero-order chi connectivity index (χ0) is 13.8. The van der Waals surface area contributed by atoms with E-state index in [1.165, 1.54) is 12.5 Å². The fourth-order valence-corrected chi connectivity index (χ4v) is 2.22. The first kappa shape index (κ1) is 13.5. The predicted octanol–water partition coefficient (Wildman–Crippen LogP) is 0.526. The quantitative estimate of drug-likeness (QED) is 0.843. The number of likely N-dealkylation sites (tertiary alicyclic amines) is 1. The van der Waals surface area contributed by atoms with Crippen LogP contribution >= 0.6 is 0 Å². The molecule has 2 heterocycles. The third-order valence-corrected chi connectivity index (χ3v) is 3.43. The van der Waals surface area contributed by atoms with Crippen LogP contribution in [-0.4, -0.2) is 45.8 Å². The lowest BCUT2D eigenvalue weighted by Gasteiger charge is -2.31. The van der Waals surface area contributed by atoms with Crippen LogP contribution in [0.25, 0.3) is 0 Å². The molecule has 19 heavy (non-hydrogen) atoms. The van der Waals surface area contributed by atoms with E-state index in [1.807, 2.05) is 0 Å². The second-order valence-electron chi connectivity index (χ2n) is 4.78. The van der Waals surface area contributed by atoms with Gasteiger partial charge in [-0.3, -0.25) is 9.59 Å². The molecule has 1 aliphatic rings. The molecule has 0 atom stereocenters. The fourth-order valence-electron chi connectivity index (χ4n) is 2.22. The van der Waals surface area contributed by atoms with Crippen LogP contribution in [0.2, 0.25) is 0 Å². The monoisotopic (exact) mass is 262 g/mol. The largest absolute Gasteiger partial charge is 0.349 e. The first-order valence-electron chi connectivity index (χ1n) is 6.41. The van der Waals surface area contributed by atoms with Crippen molar-refractivity contribution in [2.45, 2.75) is 32.7 Å². The van der Waals surface area contributed by atoms with Gasteiger partial charge in [0.1, 0.15) is 6.33 Å². The maximum absolute atomic E-state index is 12.1. The summed E-state index contributed by atoms with van der Waals surface area (Å²) in [5.74, 6) is -0.0449. The van der Waals surface area contributed by atoms with Gasteiger partial charge in [0.15, 0.2) is 0 Å². The number of carbonyl (C=O) groups is 2. The Kier molecular flexibility index (Phi) is 4.09. The summed E-state index contributed by atoms with van der Waals surface area (Å²) in [6, 6.07) is 0.114. The number of carbonyl (C=O) groups excluding carboxylic acids is 2. The number of aryl methyl sites for hydroxylation is 1. The molecule has 0 saturated carbocycles. The molecule has 1 saturated heterocycles. The SMILES string of the molecule is CC(=O)N1CCC(NC(=O)c2cncnc2C)CC1. The minimum atomic E-state index is -0.139. The number of aromatic nitrogens is 2. The molecule has 0 aromatic carbocycles. The molecule has 0 spiro atoms. The van der Waals surface area contributed by atoms with Crippen molar-refractivity contribution in [2.75, 3.05) is 13.1 Å². The molecule has 2 amide bonds. The van der Waals surface area contributed by atoms with Crippen molar-refractivity contribution >= 4 is 11.8 Å². The lowest BCUT2D eigenvalue weighted by atomic mass is 10.0. The first-order valence-corrected chi connectivity index (χ1v) is 6.41. The van der Waals surface area contributed by atoms with Gasteiger partial charge < -0.3 is 10.2 Å². The lowest BCUT2D eigenvalue weighted by Crippen LogP contribution is -2.46. The molecule has 6 heteroatoms. The first-order chi connectivity index (χ1) is 9.08. The topological polar surface area (TPSA) is 75.2 Å². The van der Waals surface area contributed by atoms with E-state index in [9.17, 15) is 9.59 Å². The Morgan fingerprint density at radius 3 is 2.63 bits per heavy atom. The van der Waals surface area contributed by atoms with E-state index < -0.39 is 0 Å². The predicted molar refractivity (Wildman–Crippen MR) is 69.5 cm³/mol.